The number of nitrogens with zero attached hydrogens (tertiary/aromatic N) is 2. The highest BCUT2D eigenvalue weighted by molar-refractivity contribution is 7.92. The number of benzene rings is 3. The van der Waals surface area contributed by atoms with Gasteiger partial charge in [-0.25, -0.2) is 8.42 Å². The Kier molecular flexibility index (Phi) is 10.6. The van der Waals surface area contributed by atoms with E-state index < -0.39 is 34.1 Å². The van der Waals surface area contributed by atoms with Crippen molar-refractivity contribution in [1.82, 2.24) is 10.2 Å². The lowest BCUT2D eigenvalue weighted by Crippen LogP contribution is -2.56. The number of hydrogen-bond acceptors (Lipinski definition) is 6. The number of aryl methyl sites for hydroxylation is 1. The minimum Gasteiger partial charge on any atom is -0.497 e. The average molecular weight is 596 g/mol. The smallest absolute Gasteiger partial charge is 0.244 e. The number of ether oxygens (including phenoxy) is 2. The van der Waals surface area contributed by atoms with E-state index in [0.29, 0.717) is 11.5 Å². The highest BCUT2D eigenvalue weighted by Gasteiger charge is 2.35. The van der Waals surface area contributed by atoms with E-state index in [1.165, 1.54) is 12.0 Å². The van der Waals surface area contributed by atoms with E-state index in [4.69, 9.17) is 9.47 Å². The molecule has 0 saturated heterocycles. The predicted molar refractivity (Wildman–Crippen MR) is 165 cm³/mol. The molecule has 0 spiro atoms. The molecule has 0 aliphatic heterocycles. The van der Waals surface area contributed by atoms with Crippen LogP contribution in [0.3, 0.4) is 0 Å². The summed E-state index contributed by atoms with van der Waals surface area (Å²) < 4.78 is 38.1. The Morgan fingerprint density at radius 1 is 0.905 bits per heavy atom. The Labute approximate surface area is 249 Å². The van der Waals surface area contributed by atoms with Crippen LogP contribution in [0.15, 0.2) is 72.8 Å². The third-order valence-corrected chi connectivity index (χ3v) is 7.67. The fourth-order valence-corrected chi connectivity index (χ4v) is 5.41. The Bertz CT molecular complexity index is 1490. The molecule has 0 saturated carbocycles. The average Bonchev–Trinajstić information content (AvgIpc) is 2.92. The fourth-order valence-electron chi connectivity index (χ4n) is 4.56. The molecule has 42 heavy (non-hydrogen) atoms. The van der Waals surface area contributed by atoms with Crippen LogP contribution in [0.4, 0.5) is 5.69 Å². The van der Waals surface area contributed by atoms with E-state index in [9.17, 15) is 18.0 Å². The van der Waals surface area contributed by atoms with Crippen LogP contribution in [0, 0.1) is 6.92 Å². The van der Waals surface area contributed by atoms with Gasteiger partial charge in [-0.15, -0.1) is 0 Å². The van der Waals surface area contributed by atoms with E-state index in [1.807, 2.05) is 64.1 Å². The molecular formula is C32H41N3O6S. The summed E-state index contributed by atoms with van der Waals surface area (Å²) in [5.74, 6) is 0.0174. The van der Waals surface area contributed by atoms with Crippen LogP contribution in [0.25, 0.3) is 0 Å². The van der Waals surface area contributed by atoms with E-state index in [1.54, 1.807) is 43.5 Å². The van der Waals surface area contributed by atoms with Crippen LogP contribution in [0.2, 0.25) is 0 Å². The second-order valence-corrected chi connectivity index (χ2v) is 13.2. The number of carbonyl (C=O) groups is 2. The maximum atomic E-state index is 14.3. The summed E-state index contributed by atoms with van der Waals surface area (Å²) in [6.45, 7) is 6.95. The molecule has 0 aromatic heterocycles. The number of anilines is 1. The number of hydrogen-bond donors (Lipinski definition) is 1. The highest BCUT2D eigenvalue weighted by Crippen LogP contribution is 2.31. The Balaban J connectivity index is 2.13. The standard InChI is InChI=1S/C32H41N3O6S/c1-23-16-17-29(41-6)27(18-23)35(42(7,38)39)22-30(36)34(21-25-14-11-15-26(19-25)40-5)28(31(37)33-32(2,3)4)20-24-12-9-8-10-13-24/h8-19,28H,20-22H2,1-7H3,(H,33,37)/t28-/m0/s1. The van der Waals surface area contributed by atoms with E-state index in [2.05, 4.69) is 5.32 Å². The van der Waals surface area contributed by atoms with Crippen molar-refractivity contribution in [2.45, 2.75) is 52.2 Å². The first-order chi connectivity index (χ1) is 19.7. The van der Waals surface area contributed by atoms with Crippen molar-refractivity contribution in [3.63, 3.8) is 0 Å². The van der Waals surface area contributed by atoms with Crippen molar-refractivity contribution in [3.05, 3.63) is 89.5 Å². The lowest BCUT2D eigenvalue weighted by atomic mass is 10.0. The van der Waals surface area contributed by atoms with Crippen molar-refractivity contribution < 1.29 is 27.5 Å². The second kappa shape index (κ2) is 13.7. The monoisotopic (exact) mass is 595 g/mol. The maximum Gasteiger partial charge on any atom is 0.244 e. The number of carbonyl (C=O) groups excluding carboxylic acids is 2. The molecule has 0 radical (unpaired) electrons. The zero-order valence-electron chi connectivity index (χ0n) is 25.4. The van der Waals surface area contributed by atoms with Crippen LogP contribution in [-0.2, 0) is 32.6 Å². The van der Waals surface area contributed by atoms with Gasteiger partial charge in [0.25, 0.3) is 0 Å². The summed E-state index contributed by atoms with van der Waals surface area (Å²) in [7, 11) is -0.933. The van der Waals surface area contributed by atoms with Gasteiger partial charge in [-0.1, -0.05) is 48.5 Å². The Hall–Kier alpha value is -4.05. The second-order valence-electron chi connectivity index (χ2n) is 11.3. The highest BCUT2D eigenvalue weighted by atomic mass is 32.2. The largest absolute Gasteiger partial charge is 0.497 e. The zero-order chi connectivity index (χ0) is 31.1. The number of nitrogens with one attached hydrogen (secondary N) is 1. The van der Waals surface area contributed by atoms with Crippen LogP contribution < -0.4 is 19.1 Å². The summed E-state index contributed by atoms with van der Waals surface area (Å²) >= 11 is 0. The van der Waals surface area contributed by atoms with Crippen LogP contribution in [-0.4, -0.2) is 63.7 Å². The molecular weight excluding hydrogens is 554 g/mol. The van der Waals surface area contributed by atoms with Gasteiger partial charge in [-0.05, 0) is 68.7 Å². The molecule has 226 valence electrons. The molecule has 9 nitrogen and oxygen atoms in total. The van der Waals surface area contributed by atoms with Crippen molar-refractivity contribution in [1.29, 1.82) is 0 Å². The predicted octanol–water partition coefficient (Wildman–Crippen LogP) is 4.33. The van der Waals surface area contributed by atoms with Crippen molar-refractivity contribution >= 4 is 27.5 Å². The molecule has 0 aliphatic carbocycles. The lowest BCUT2D eigenvalue weighted by molar-refractivity contribution is -0.140. The van der Waals surface area contributed by atoms with Gasteiger partial charge in [0, 0.05) is 18.5 Å². The Morgan fingerprint density at radius 2 is 1.57 bits per heavy atom. The summed E-state index contributed by atoms with van der Waals surface area (Å²) in [6.07, 6.45) is 1.27. The first-order valence-corrected chi connectivity index (χ1v) is 15.5. The molecule has 1 atom stereocenters. The minimum atomic E-state index is -3.93. The third-order valence-electron chi connectivity index (χ3n) is 6.54. The molecule has 0 unspecified atom stereocenters. The van der Waals surface area contributed by atoms with E-state index >= 15 is 0 Å². The fraction of sp³-hybridized carbons (Fsp3) is 0.375. The van der Waals surface area contributed by atoms with Gasteiger partial charge in [0.1, 0.15) is 24.1 Å². The van der Waals surface area contributed by atoms with Gasteiger partial charge in [0.05, 0.1) is 26.2 Å². The molecule has 10 heteroatoms. The van der Waals surface area contributed by atoms with E-state index in [0.717, 1.165) is 27.3 Å². The maximum absolute atomic E-state index is 14.3. The molecule has 1 N–H and O–H groups in total. The quantitative estimate of drug-likeness (QED) is 0.334. The third kappa shape index (κ3) is 8.97. The van der Waals surface area contributed by atoms with Crippen molar-refractivity contribution in [2.24, 2.45) is 0 Å². The molecule has 0 fully saturated rings. The SMILES string of the molecule is COc1cccc(CN(C(=O)CN(c2cc(C)ccc2OC)S(C)(=O)=O)[C@@H](Cc2ccccc2)C(=O)NC(C)(C)C)c1. The summed E-state index contributed by atoms with van der Waals surface area (Å²) in [6, 6.07) is 20.8. The van der Waals surface area contributed by atoms with Gasteiger partial charge in [-0.2, -0.15) is 0 Å². The van der Waals surface area contributed by atoms with Crippen molar-refractivity contribution in [3.8, 4) is 11.5 Å². The number of rotatable bonds is 12. The number of sulfonamides is 1. The van der Waals surface area contributed by atoms with E-state index in [-0.39, 0.29) is 24.6 Å². The number of methoxy groups -OCH3 is 2. The lowest BCUT2D eigenvalue weighted by Gasteiger charge is -2.35. The van der Waals surface area contributed by atoms with Gasteiger partial charge >= 0.3 is 0 Å². The molecule has 0 aliphatic rings. The van der Waals surface area contributed by atoms with Gasteiger partial charge < -0.3 is 19.7 Å². The Morgan fingerprint density at radius 3 is 2.17 bits per heavy atom. The van der Waals surface area contributed by atoms with Crippen LogP contribution in [0.1, 0.15) is 37.5 Å². The van der Waals surface area contributed by atoms with Crippen molar-refractivity contribution in [2.75, 3.05) is 31.3 Å². The minimum absolute atomic E-state index is 0.0493. The molecule has 0 bridgehead atoms. The summed E-state index contributed by atoms with van der Waals surface area (Å²) in [5.41, 5.74) is 2.06. The summed E-state index contributed by atoms with van der Waals surface area (Å²) in [4.78, 5) is 29.6. The molecule has 3 aromatic rings. The number of amides is 2. The normalized spacial score (nSPS) is 12.3. The van der Waals surface area contributed by atoms with Crippen LogP contribution >= 0.6 is 0 Å². The molecule has 2 amide bonds. The first kappa shape index (κ1) is 32.5. The summed E-state index contributed by atoms with van der Waals surface area (Å²) in [5, 5.41) is 3.01. The molecule has 0 heterocycles. The molecule has 3 aromatic carbocycles. The zero-order valence-corrected chi connectivity index (χ0v) is 26.2. The van der Waals surface area contributed by atoms with Gasteiger partial charge in [-0.3, -0.25) is 13.9 Å². The molecule has 3 rings (SSSR count). The first-order valence-electron chi connectivity index (χ1n) is 13.6. The topological polar surface area (TPSA) is 105 Å². The van der Waals surface area contributed by atoms with Gasteiger partial charge in [0.2, 0.25) is 21.8 Å². The van der Waals surface area contributed by atoms with Gasteiger partial charge in [0.15, 0.2) is 0 Å². The van der Waals surface area contributed by atoms with Crippen LogP contribution in [0.5, 0.6) is 11.5 Å².